The van der Waals surface area contributed by atoms with Gasteiger partial charge in [-0.25, -0.2) is 0 Å². The van der Waals surface area contributed by atoms with Crippen LogP contribution in [0.15, 0.2) is 30.3 Å². The van der Waals surface area contributed by atoms with Gasteiger partial charge in [0.2, 0.25) is 4.38 Å². The SMILES string of the molecule is CCOC(=S)SC(COCC1CO1)Cc1ccccc1. The summed E-state index contributed by atoms with van der Waals surface area (Å²) in [5.41, 5.74) is 1.29. The van der Waals surface area contributed by atoms with Crippen molar-refractivity contribution in [3.63, 3.8) is 0 Å². The van der Waals surface area contributed by atoms with Crippen LogP contribution < -0.4 is 0 Å². The van der Waals surface area contributed by atoms with Gasteiger partial charge in [0.15, 0.2) is 0 Å². The maximum Gasteiger partial charge on any atom is 0.220 e. The van der Waals surface area contributed by atoms with E-state index in [1.165, 1.54) is 5.56 Å². The van der Waals surface area contributed by atoms with Gasteiger partial charge in [-0.15, -0.1) is 0 Å². The number of epoxide rings is 1. The molecule has 0 bridgehead atoms. The second-order valence-electron chi connectivity index (χ2n) is 4.61. The van der Waals surface area contributed by atoms with Gasteiger partial charge in [-0.2, -0.15) is 0 Å². The second-order valence-corrected chi connectivity index (χ2v) is 6.51. The summed E-state index contributed by atoms with van der Waals surface area (Å²) in [5, 5.41) is 0.273. The Balaban J connectivity index is 1.82. The van der Waals surface area contributed by atoms with Crippen molar-refractivity contribution in [1.29, 1.82) is 0 Å². The quantitative estimate of drug-likeness (QED) is 0.544. The van der Waals surface area contributed by atoms with E-state index >= 15 is 0 Å². The highest BCUT2D eigenvalue weighted by Crippen LogP contribution is 2.20. The van der Waals surface area contributed by atoms with E-state index in [1.54, 1.807) is 11.8 Å². The molecule has 1 fully saturated rings. The second kappa shape index (κ2) is 8.62. The third-order valence-electron chi connectivity index (χ3n) is 2.84. The van der Waals surface area contributed by atoms with Gasteiger partial charge in [0.25, 0.3) is 0 Å². The summed E-state index contributed by atoms with van der Waals surface area (Å²) in [7, 11) is 0. The van der Waals surface area contributed by atoms with Gasteiger partial charge >= 0.3 is 0 Å². The number of benzene rings is 1. The molecule has 110 valence electrons. The molecule has 0 aliphatic carbocycles. The van der Waals surface area contributed by atoms with Crippen LogP contribution in [0.4, 0.5) is 0 Å². The number of ether oxygens (including phenoxy) is 3. The van der Waals surface area contributed by atoms with Gasteiger partial charge in [-0.1, -0.05) is 42.1 Å². The molecule has 0 N–H and O–H groups in total. The lowest BCUT2D eigenvalue weighted by atomic mass is 10.1. The van der Waals surface area contributed by atoms with E-state index in [1.807, 2.05) is 13.0 Å². The molecule has 1 aliphatic heterocycles. The standard InChI is InChI=1S/C15H20O3S2/c1-2-17-15(19)20-14(11-16-9-13-10-18-13)8-12-6-4-3-5-7-12/h3-7,13-14H,2,8-11H2,1H3. The minimum absolute atomic E-state index is 0.273. The Labute approximate surface area is 130 Å². The molecule has 2 unspecified atom stereocenters. The average molecular weight is 312 g/mol. The Kier molecular flexibility index (Phi) is 6.79. The fourth-order valence-corrected chi connectivity index (χ4v) is 3.22. The van der Waals surface area contributed by atoms with Crippen molar-refractivity contribution >= 4 is 28.4 Å². The number of thioether (sulfide) groups is 1. The molecule has 1 saturated heterocycles. The van der Waals surface area contributed by atoms with Crippen LogP contribution >= 0.6 is 24.0 Å². The van der Waals surface area contributed by atoms with E-state index in [0.29, 0.717) is 30.3 Å². The molecular formula is C15H20O3S2. The van der Waals surface area contributed by atoms with Crippen molar-refractivity contribution in [3.8, 4) is 0 Å². The third-order valence-corrected chi connectivity index (χ3v) is 4.19. The summed E-state index contributed by atoms with van der Waals surface area (Å²) in [4.78, 5) is 0. The van der Waals surface area contributed by atoms with Gasteiger partial charge in [0.05, 0.1) is 26.4 Å². The number of hydrogen-bond acceptors (Lipinski definition) is 5. The summed E-state index contributed by atoms with van der Waals surface area (Å²) < 4.78 is 16.8. The molecule has 2 atom stereocenters. The van der Waals surface area contributed by atoms with Crippen molar-refractivity contribution in [2.45, 2.75) is 24.7 Å². The van der Waals surface area contributed by atoms with Gasteiger partial charge in [-0.3, -0.25) is 0 Å². The van der Waals surface area contributed by atoms with Crippen LogP contribution in [0, 0.1) is 0 Å². The topological polar surface area (TPSA) is 31.0 Å². The van der Waals surface area contributed by atoms with Gasteiger partial charge in [-0.05, 0) is 31.1 Å². The highest BCUT2D eigenvalue weighted by atomic mass is 32.2. The summed E-state index contributed by atoms with van der Waals surface area (Å²) in [6, 6.07) is 10.4. The number of rotatable bonds is 8. The summed E-state index contributed by atoms with van der Waals surface area (Å²) in [6.07, 6.45) is 1.22. The monoisotopic (exact) mass is 312 g/mol. The first-order valence-corrected chi connectivity index (χ1v) is 8.13. The highest BCUT2D eigenvalue weighted by molar-refractivity contribution is 8.23. The molecule has 0 spiro atoms. The lowest BCUT2D eigenvalue weighted by Crippen LogP contribution is -2.19. The molecule has 3 nitrogen and oxygen atoms in total. The predicted molar refractivity (Wildman–Crippen MR) is 86.3 cm³/mol. The fraction of sp³-hybridized carbons (Fsp3) is 0.533. The largest absolute Gasteiger partial charge is 0.479 e. The number of thiocarbonyl (C=S) groups is 1. The molecule has 0 saturated carbocycles. The van der Waals surface area contributed by atoms with Crippen LogP contribution in [-0.2, 0) is 20.6 Å². The average Bonchev–Trinajstić information content (AvgIpc) is 3.24. The van der Waals surface area contributed by atoms with Crippen molar-refractivity contribution in [2.24, 2.45) is 0 Å². The molecule has 2 rings (SSSR count). The van der Waals surface area contributed by atoms with Crippen LogP contribution in [0.2, 0.25) is 0 Å². The molecule has 1 aliphatic rings. The zero-order valence-electron chi connectivity index (χ0n) is 11.6. The maximum atomic E-state index is 5.71. The van der Waals surface area contributed by atoms with Crippen LogP contribution in [0.3, 0.4) is 0 Å². The summed E-state index contributed by atoms with van der Waals surface area (Å²) in [5.74, 6) is 0. The van der Waals surface area contributed by atoms with Gasteiger partial charge < -0.3 is 14.2 Å². The summed E-state index contributed by atoms with van der Waals surface area (Å²) in [6.45, 7) is 4.72. The van der Waals surface area contributed by atoms with E-state index in [0.717, 1.165) is 13.0 Å². The molecule has 1 aromatic carbocycles. The Morgan fingerprint density at radius 3 is 2.85 bits per heavy atom. The fourth-order valence-electron chi connectivity index (χ4n) is 1.79. The van der Waals surface area contributed by atoms with Crippen LogP contribution in [-0.4, -0.2) is 42.2 Å². The van der Waals surface area contributed by atoms with Crippen molar-refractivity contribution in [2.75, 3.05) is 26.4 Å². The lowest BCUT2D eigenvalue weighted by Gasteiger charge is -2.17. The van der Waals surface area contributed by atoms with Gasteiger partial charge in [0, 0.05) is 5.25 Å². The molecule has 0 aromatic heterocycles. The molecule has 0 amide bonds. The maximum absolute atomic E-state index is 5.71. The predicted octanol–water partition coefficient (Wildman–Crippen LogP) is 3.07. The van der Waals surface area contributed by atoms with Crippen molar-refractivity contribution in [3.05, 3.63) is 35.9 Å². The van der Waals surface area contributed by atoms with Crippen LogP contribution in [0.25, 0.3) is 0 Å². The lowest BCUT2D eigenvalue weighted by molar-refractivity contribution is 0.117. The van der Waals surface area contributed by atoms with Crippen molar-refractivity contribution < 1.29 is 14.2 Å². The molecule has 0 radical (unpaired) electrons. The van der Waals surface area contributed by atoms with E-state index in [2.05, 4.69) is 24.3 Å². The molecule has 1 aromatic rings. The Morgan fingerprint density at radius 2 is 2.20 bits per heavy atom. The van der Waals surface area contributed by atoms with E-state index < -0.39 is 0 Å². The molecule has 1 heterocycles. The zero-order chi connectivity index (χ0) is 14.2. The van der Waals surface area contributed by atoms with Gasteiger partial charge in [0.1, 0.15) is 6.10 Å². The summed E-state index contributed by atoms with van der Waals surface area (Å²) >= 11 is 6.80. The first kappa shape index (κ1) is 15.8. The number of hydrogen-bond donors (Lipinski definition) is 0. The first-order chi connectivity index (χ1) is 9.78. The minimum atomic E-state index is 0.273. The Hall–Kier alpha value is -0.620. The minimum Gasteiger partial charge on any atom is -0.479 e. The normalized spacial score (nSPS) is 18.6. The van der Waals surface area contributed by atoms with Crippen molar-refractivity contribution in [1.82, 2.24) is 0 Å². The highest BCUT2D eigenvalue weighted by Gasteiger charge is 2.23. The Morgan fingerprint density at radius 1 is 1.45 bits per heavy atom. The zero-order valence-corrected chi connectivity index (χ0v) is 13.3. The smallest absolute Gasteiger partial charge is 0.220 e. The molecule has 20 heavy (non-hydrogen) atoms. The first-order valence-electron chi connectivity index (χ1n) is 6.84. The molecular weight excluding hydrogens is 292 g/mol. The Bertz CT molecular complexity index is 407. The third kappa shape index (κ3) is 6.22. The van der Waals surface area contributed by atoms with Crippen LogP contribution in [0.1, 0.15) is 12.5 Å². The van der Waals surface area contributed by atoms with E-state index in [-0.39, 0.29) is 5.25 Å². The molecule has 5 heteroatoms. The van der Waals surface area contributed by atoms with E-state index in [4.69, 9.17) is 26.4 Å². The van der Waals surface area contributed by atoms with Crippen LogP contribution in [0.5, 0.6) is 0 Å². The van der Waals surface area contributed by atoms with E-state index in [9.17, 15) is 0 Å².